The quantitative estimate of drug-likeness (QED) is 0.577. The summed E-state index contributed by atoms with van der Waals surface area (Å²) in [5.41, 5.74) is 1.02. The van der Waals surface area contributed by atoms with Crippen molar-refractivity contribution in [1.82, 2.24) is 5.32 Å². The van der Waals surface area contributed by atoms with Crippen LogP contribution in [0, 0.1) is 0 Å². The first kappa shape index (κ1) is 14.4. The maximum absolute atomic E-state index is 9.78. The fourth-order valence-electron chi connectivity index (χ4n) is 1.63. The monoisotopic (exact) mass is 251 g/mol. The molecule has 1 aromatic rings. The van der Waals surface area contributed by atoms with E-state index in [1.165, 1.54) is 14.2 Å². The minimum Gasteiger partial charge on any atom is -0.502 e. The van der Waals surface area contributed by atoms with Gasteiger partial charge in [-0.3, -0.25) is 0 Å². The minimum atomic E-state index is 0.0395. The number of hydrogen-bond donors (Lipinski definition) is 2. The molecule has 0 saturated carbocycles. The molecule has 1 aromatic carbocycles. The molecular formula is C14H21NO3. The zero-order chi connectivity index (χ0) is 13.4. The molecule has 4 nitrogen and oxygen atoms in total. The third kappa shape index (κ3) is 3.96. The van der Waals surface area contributed by atoms with Gasteiger partial charge in [0.25, 0.3) is 0 Å². The number of benzene rings is 1. The van der Waals surface area contributed by atoms with E-state index in [2.05, 4.69) is 11.4 Å². The predicted molar refractivity (Wildman–Crippen MR) is 72.3 cm³/mol. The van der Waals surface area contributed by atoms with E-state index in [1.807, 2.05) is 13.0 Å². The molecule has 0 aliphatic heterocycles. The van der Waals surface area contributed by atoms with Gasteiger partial charge in [0.15, 0.2) is 11.5 Å². The van der Waals surface area contributed by atoms with Gasteiger partial charge in [-0.25, -0.2) is 0 Å². The molecule has 2 N–H and O–H groups in total. The fourth-order valence-corrected chi connectivity index (χ4v) is 1.63. The lowest BCUT2D eigenvalue weighted by Crippen LogP contribution is -2.14. The number of allylic oxidation sites excluding steroid dienone is 1. The molecule has 0 aromatic heterocycles. The van der Waals surface area contributed by atoms with E-state index >= 15 is 0 Å². The Kier molecular flexibility index (Phi) is 6.08. The molecule has 0 heterocycles. The molecule has 0 unspecified atom stereocenters. The van der Waals surface area contributed by atoms with Crippen LogP contribution in [0.5, 0.6) is 17.2 Å². The van der Waals surface area contributed by atoms with Crippen molar-refractivity contribution in [3.05, 3.63) is 29.8 Å². The van der Waals surface area contributed by atoms with Crippen LogP contribution in [0.25, 0.3) is 0 Å². The van der Waals surface area contributed by atoms with Gasteiger partial charge in [-0.05, 0) is 37.6 Å². The Labute approximate surface area is 108 Å². The number of phenolic OH excluding ortho intramolecular Hbond substituents is 1. The lowest BCUT2D eigenvalue weighted by atomic mass is 10.2. The molecule has 1 rings (SSSR count). The molecule has 0 bridgehead atoms. The lowest BCUT2D eigenvalue weighted by molar-refractivity contribution is 0.339. The third-order valence-electron chi connectivity index (χ3n) is 2.59. The first-order chi connectivity index (χ1) is 8.72. The van der Waals surface area contributed by atoms with E-state index in [9.17, 15) is 5.11 Å². The second kappa shape index (κ2) is 7.61. The van der Waals surface area contributed by atoms with E-state index in [0.29, 0.717) is 18.0 Å². The van der Waals surface area contributed by atoms with Crippen molar-refractivity contribution in [2.75, 3.05) is 20.8 Å². The summed E-state index contributed by atoms with van der Waals surface area (Å²) >= 11 is 0. The predicted octanol–water partition coefficient (Wildman–Crippen LogP) is 2.47. The number of hydrogen-bond acceptors (Lipinski definition) is 4. The molecule has 0 atom stereocenters. The van der Waals surface area contributed by atoms with E-state index in [4.69, 9.17) is 9.47 Å². The molecule has 0 fully saturated rings. The molecule has 0 amide bonds. The van der Waals surface area contributed by atoms with Crippen molar-refractivity contribution in [3.63, 3.8) is 0 Å². The third-order valence-corrected chi connectivity index (χ3v) is 2.59. The molecule has 4 heteroatoms. The van der Waals surface area contributed by atoms with Crippen molar-refractivity contribution in [1.29, 1.82) is 0 Å². The topological polar surface area (TPSA) is 50.7 Å². The van der Waals surface area contributed by atoms with Crippen LogP contribution in [0.3, 0.4) is 0 Å². The Morgan fingerprint density at radius 2 is 1.83 bits per heavy atom. The van der Waals surface area contributed by atoms with Crippen LogP contribution < -0.4 is 14.8 Å². The Balaban J connectivity index is 2.65. The molecule has 0 aliphatic rings. The average Bonchev–Trinajstić information content (AvgIpc) is 2.40. The van der Waals surface area contributed by atoms with Gasteiger partial charge < -0.3 is 19.9 Å². The molecule has 100 valence electrons. The molecule has 0 radical (unpaired) electrons. The van der Waals surface area contributed by atoms with Crippen LogP contribution in [-0.2, 0) is 6.54 Å². The number of methoxy groups -OCH3 is 2. The molecule has 0 spiro atoms. The first-order valence-corrected chi connectivity index (χ1v) is 5.98. The Morgan fingerprint density at radius 1 is 1.22 bits per heavy atom. The zero-order valence-corrected chi connectivity index (χ0v) is 11.2. The summed E-state index contributed by atoms with van der Waals surface area (Å²) in [6, 6.07) is 3.61. The summed E-state index contributed by atoms with van der Waals surface area (Å²) in [5.74, 6) is 0.900. The van der Waals surface area contributed by atoms with Gasteiger partial charge in [0.2, 0.25) is 5.75 Å². The second-order valence-electron chi connectivity index (χ2n) is 3.88. The van der Waals surface area contributed by atoms with E-state index in [0.717, 1.165) is 18.5 Å². The largest absolute Gasteiger partial charge is 0.502 e. The number of rotatable bonds is 7. The van der Waals surface area contributed by atoms with E-state index < -0.39 is 0 Å². The fraction of sp³-hybridized carbons (Fsp3) is 0.429. The van der Waals surface area contributed by atoms with E-state index in [1.54, 1.807) is 12.1 Å². The summed E-state index contributed by atoms with van der Waals surface area (Å²) < 4.78 is 10.2. The highest BCUT2D eigenvalue weighted by molar-refractivity contribution is 5.52. The molecule has 0 aliphatic carbocycles. The Hall–Kier alpha value is -1.68. The summed E-state index contributed by atoms with van der Waals surface area (Å²) in [6.45, 7) is 3.64. The van der Waals surface area contributed by atoms with Crippen LogP contribution in [0.15, 0.2) is 24.3 Å². The van der Waals surface area contributed by atoms with Crippen LogP contribution in [0.2, 0.25) is 0 Å². The molecule has 18 heavy (non-hydrogen) atoms. The number of nitrogens with one attached hydrogen (secondary N) is 1. The minimum absolute atomic E-state index is 0.0395. The van der Waals surface area contributed by atoms with Gasteiger partial charge in [-0.1, -0.05) is 12.2 Å². The number of phenols is 1. The zero-order valence-electron chi connectivity index (χ0n) is 11.2. The van der Waals surface area contributed by atoms with Crippen molar-refractivity contribution >= 4 is 0 Å². The van der Waals surface area contributed by atoms with Crippen LogP contribution in [0.1, 0.15) is 18.9 Å². The SMILES string of the molecule is C/C=C/CCNCc1cc(OC)c(O)c(OC)c1. The molecule has 0 saturated heterocycles. The van der Waals surface area contributed by atoms with Gasteiger partial charge >= 0.3 is 0 Å². The normalized spacial score (nSPS) is 10.8. The maximum Gasteiger partial charge on any atom is 0.200 e. The van der Waals surface area contributed by atoms with E-state index in [-0.39, 0.29) is 5.75 Å². The van der Waals surface area contributed by atoms with Gasteiger partial charge in [0, 0.05) is 6.54 Å². The van der Waals surface area contributed by atoms with Crippen molar-refractivity contribution in [2.24, 2.45) is 0 Å². The molecular weight excluding hydrogens is 230 g/mol. The smallest absolute Gasteiger partial charge is 0.200 e. The lowest BCUT2D eigenvalue weighted by Gasteiger charge is -2.11. The maximum atomic E-state index is 9.78. The number of ether oxygens (including phenoxy) is 2. The number of aromatic hydroxyl groups is 1. The highest BCUT2D eigenvalue weighted by Gasteiger charge is 2.10. The van der Waals surface area contributed by atoms with Crippen molar-refractivity contribution in [2.45, 2.75) is 19.9 Å². The Bertz CT molecular complexity index is 377. The average molecular weight is 251 g/mol. The van der Waals surface area contributed by atoms with Gasteiger partial charge in [-0.15, -0.1) is 0 Å². The van der Waals surface area contributed by atoms with Crippen molar-refractivity contribution in [3.8, 4) is 17.2 Å². The van der Waals surface area contributed by atoms with Crippen LogP contribution in [0.4, 0.5) is 0 Å². The summed E-state index contributed by atoms with van der Waals surface area (Å²) in [7, 11) is 3.05. The highest BCUT2D eigenvalue weighted by atomic mass is 16.5. The highest BCUT2D eigenvalue weighted by Crippen LogP contribution is 2.36. The standard InChI is InChI=1S/C14H21NO3/c1-4-5-6-7-15-10-11-8-12(17-2)14(16)13(9-11)18-3/h4-5,8-9,15-16H,6-7,10H2,1-3H3/b5-4+. The first-order valence-electron chi connectivity index (χ1n) is 5.98. The summed E-state index contributed by atoms with van der Waals surface area (Å²) in [6.07, 6.45) is 5.15. The van der Waals surface area contributed by atoms with Gasteiger partial charge in [0.1, 0.15) is 0 Å². The second-order valence-corrected chi connectivity index (χ2v) is 3.88. The summed E-state index contributed by atoms with van der Waals surface area (Å²) in [5, 5.41) is 13.1. The van der Waals surface area contributed by atoms with Crippen LogP contribution in [-0.4, -0.2) is 25.9 Å². The van der Waals surface area contributed by atoms with Crippen molar-refractivity contribution < 1.29 is 14.6 Å². The van der Waals surface area contributed by atoms with Gasteiger partial charge in [-0.2, -0.15) is 0 Å². The van der Waals surface area contributed by atoms with Gasteiger partial charge in [0.05, 0.1) is 14.2 Å². The van der Waals surface area contributed by atoms with Crippen LogP contribution >= 0.6 is 0 Å². The summed E-state index contributed by atoms with van der Waals surface area (Å²) in [4.78, 5) is 0. The Morgan fingerprint density at radius 3 is 2.33 bits per heavy atom.